The van der Waals surface area contributed by atoms with Gasteiger partial charge in [-0.3, -0.25) is 4.79 Å². The number of fused-ring (bicyclic) bond motifs is 1. The molecule has 0 atom stereocenters. The average molecular weight is 394 g/mol. The molecule has 0 fully saturated rings. The fourth-order valence-electron chi connectivity index (χ4n) is 3.53. The highest BCUT2D eigenvalue weighted by atomic mass is 19.1. The van der Waals surface area contributed by atoms with Gasteiger partial charge in [0.2, 0.25) is 5.78 Å². The fraction of sp³-hybridized carbons (Fsp3) is 0.182. The molecular weight excluding hydrogens is 374 g/mol. The first-order valence-electron chi connectivity index (χ1n) is 9.17. The SMILES string of the molecule is Cc1c(C)n(Cc2c(F)cccc2F)c2nc(-c3ccc(N)cc3)c(C)n2c1=O. The van der Waals surface area contributed by atoms with E-state index >= 15 is 0 Å². The number of halogens is 2. The van der Waals surface area contributed by atoms with Crippen LogP contribution < -0.4 is 11.3 Å². The molecule has 2 heterocycles. The van der Waals surface area contributed by atoms with Crippen LogP contribution in [0.15, 0.2) is 47.3 Å². The summed E-state index contributed by atoms with van der Waals surface area (Å²) in [6.07, 6.45) is 0. The summed E-state index contributed by atoms with van der Waals surface area (Å²) in [7, 11) is 0. The van der Waals surface area contributed by atoms with Gasteiger partial charge in [0, 0.05) is 28.1 Å². The van der Waals surface area contributed by atoms with Crippen LogP contribution in [0.1, 0.15) is 22.5 Å². The maximum atomic E-state index is 14.3. The van der Waals surface area contributed by atoms with Gasteiger partial charge in [0.25, 0.3) is 5.56 Å². The maximum absolute atomic E-state index is 14.3. The Bertz CT molecular complexity index is 1280. The second-order valence-corrected chi connectivity index (χ2v) is 7.11. The molecule has 0 aliphatic heterocycles. The molecule has 148 valence electrons. The van der Waals surface area contributed by atoms with E-state index in [2.05, 4.69) is 4.98 Å². The monoisotopic (exact) mass is 394 g/mol. The molecule has 2 aromatic heterocycles. The number of aromatic nitrogens is 3. The van der Waals surface area contributed by atoms with Crippen LogP contribution in [0.3, 0.4) is 0 Å². The molecule has 29 heavy (non-hydrogen) atoms. The van der Waals surface area contributed by atoms with Crippen LogP contribution in [-0.4, -0.2) is 14.0 Å². The van der Waals surface area contributed by atoms with Crippen molar-refractivity contribution >= 4 is 11.5 Å². The van der Waals surface area contributed by atoms with Crippen molar-refractivity contribution in [2.24, 2.45) is 0 Å². The van der Waals surface area contributed by atoms with Gasteiger partial charge in [-0.2, -0.15) is 0 Å². The van der Waals surface area contributed by atoms with Crippen LogP contribution in [0.5, 0.6) is 0 Å². The largest absolute Gasteiger partial charge is 0.399 e. The lowest BCUT2D eigenvalue weighted by atomic mass is 10.1. The fourth-order valence-corrected chi connectivity index (χ4v) is 3.53. The Morgan fingerprint density at radius 3 is 2.21 bits per heavy atom. The summed E-state index contributed by atoms with van der Waals surface area (Å²) >= 11 is 0. The van der Waals surface area contributed by atoms with Crippen LogP contribution >= 0.6 is 0 Å². The molecule has 7 heteroatoms. The molecule has 2 aromatic carbocycles. The number of anilines is 1. The van der Waals surface area contributed by atoms with Crippen molar-refractivity contribution in [3.63, 3.8) is 0 Å². The molecule has 0 spiro atoms. The molecule has 0 aliphatic carbocycles. The number of rotatable bonds is 3. The minimum absolute atomic E-state index is 0.0739. The third-order valence-electron chi connectivity index (χ3n) is 5.36. The van der Waals surface area contributed by atoms with E-state index in [1.54, 1.807) is 37.5 Å². The predicted molar refractivity (Wildman–Crippen MR) is 109 cm³/mol. The molecule has 0 bridgehead atoms. The van der Waals surface area contributed by atoms with Crippen molar-refractivity contribution in [3.8, 4) is 11.3 Å². The van der Waals surface area contributed by atoms with Gasteiger partial charge in [0.15, 0.2) is 0 Å². The van der Waals surface area contributed by atoms with Crippen molar-refractivity contribution < 1.29 is 8.78 Å². The van der Waals surface area contributed by atoms with Crippen LogP contribution in [-0.2, 0) is 6.54 Å². The highest BCUT2D eigenvalue weighted by molar-refractivity contribution is 5.67. The van der Waals surface area contributed by atoms with Gasteiger partial charge in [-0.25, -0.2) is 18.2 Å². The number of hydrogen-bond donors (Lipinski definition) is 1. The number of benzene rings is 2. The second-order valence-electron chi connectivity index (χ2n) is 7.11. The molecule has 5 nitrogen and oxygen atoms in total. The van der Waals surface area contributed by atoms with E-state index in [1.165, 1.54) is 22.6 Å². The van der Waals surface area contributed by atoms with Crippen LogP contribution in [0.25, 0.3) is 17.0 Å². The number of nitrogens with zero attached hydrogens (tertiary/aromatic N) is 3. The second kappa shape index (κ2) is 6.84. The molecule has 0 amide bonds. The van der Waals surface area contributed by atoms with Gasteiger partial charge in [0.05, 0.1) is 17.9 Å². The number of nitrogens with two attached hydrogens (primary N) is 1. The molecule has 4 aromatic rings. The van der Waals surface area contributed by atoms with Crippen LogP contribution in [0, 0.1) is 32.4 Å². The molecule has 0 saturated carbocycles. The van der Waals surface area contributed by atoms with E-state index in [1.807, 2.05) is 12.1 Å². The van der Waals surface area contributed by atoms with Crippen molar-refractivity contribution in [1.82, 2.24) is 14.0 Å². The Morgan fingerprint density at radius 1 is 0.966 bits per heavy atom. The lowest BCUT2D eigenvalue weighted by Crippen LogP contribution is -2.24. The molecule has 2 N–H and O–H groups in total. The third-order valence-corrected chi connectivity index (χ3v) is 5.36. The van der Waals surface area contributed by atoms with E-state index in [9.17, 15) is 13.6 Å². The Kier molecular flexibility index (Phi) is 4.45. The molecule has 4 rings (SSSR count). The van der Waals surface area contributed by atoms with Gasteiger partial charge >= 0.3 is 0 Å². The van der Waals surface area contributed by atoms with Gasteiger partial charge in [-0.15, -0.1) is 0 Å². The molecule has 0 unspecified atom stereocenters. The normalized spacial score (nSPS) is 11.3. The van der Waals surface area contributed by atoms with Gasteiger partial charge in [-0.1, -0.05) is 18.2 Å². The number of imidazole rings is 1. The first-order valence-corrected chi connectivity index (χ1v) is 9.17. The summed E-state index contributed by atoms with van der Waals surface area (Å²) in [5.74, 6) is -0.938. The number of nitrogen functional groups attached to an aromatic ring is 1. The van der Waals surface area contributed by atoms with E-state index < -0.39 is 11.6 Å². The zero-order chi connectivity index (χ0) is 20.9. The quantitative estimate of drug-likeness (QED) is 0.534. The van der Waals surface area contributed by atoms with Gasteiger partial charge in [0.1, 0.15) is 11.6 Å². The van der Waals surface area contributed by atoms with Crippen molar-refractivity contribution in [1.29, 1.82) is 0 Å². The highest BCUT2D eigenvalue weighted by Gasteiger charge is 2.20. The topological polar surface area (TPSA) is 65.3 Å². The minimum Gasteiger partial charge on any atom is -0.399 e. The Balaban J connectivity index is 2.01. The molecule has 0 radical (unpaired) electrons. The summed E-state index contributed by atoms with van der Waals surface area (Å²) in [6, 6.07) is 10.9. The summed E-state index contributed by atoms with van der Waals surface area (Å²) < 4.78 is 31.7. The van der Waals surface area contributed by atoms with Gasteiger partial charge < -0.3 is 10.3 Å². The molecular formula is C22H20F2N4O. The van der Waals surface area contributed by atoms with E-state index in [0.29, 0.717) is 34.1 Å². The summed E-state index contributed by atoms with van der Waals surface area (Å²) in [4.78, 5) is 17.6. The number of aryl methyl sites for hydroxylation is 1. The first kappa shape index (κ1) is 18.9. The maximum Gasteiger partial charge on any atom is 0.262 e. The van der Waals surface area contributed by atoms with Crippen molar-refractivity contribution in [2.45, 2.75) is 27.3 Å². The summed E-state index contributed by atoms with van der Waals surface area (Å²) in [5, 5.41) is 0. The lowest BCUT2D eigenvalue weighted by Gasteiger charge is -2.15. The van der Waals surface area contributed by atoms with Gasteiger partial charge in [-0.05, 0) is 45.0 Å². The average Bonchev–Trinajstić information content (AvgIpc) is 3.03. The predicted octanol–water partition coefficient (Wildman–Crippen LogP) is 4.00. The number of hydrogen-bond acceptors (Lipinski definition) is 3. The van der Waals surface area contributed by atoms with Crippen molar-refractivity contribution in [2.75, 3.05) is 5.73 Å². The Hall–Kier alpha value is -3.48. The highest BCUT2D eigenvalue weighted by Crippen LogP contribution is 2.26. The van der Waals surface area contributed by atoms with E-state index in [0.717, 1.165) is 5.56 Å². The first-order chi connectivity index (χ1) is 13.8. The van der Waals surface area contributed by atoms with Crippen LogP contribution in [0.2, 0.25) is 0 Å². The lowest BCUT2D eigenvalue weighted by molar-refractivity contribution is 0.542. The minimum atomic E-state index is -0.638. The van der Waals surface area contributed by atoms with Crippen molar-refractivity contribution in [3.05, 3.63) is 87.0 Å². The van der Waals surface area contributed by atoms with Crippen LogP contribution in [0.4, 0.5) is 14.5 Å². The molecule has 0 saturated heterocycles. The summed E-state index contributed by atoms with van der Waals surface area (Å²) in [6.45, 7) is 5.18. The Labute approximate surface area is 166 Å². The smallest absolute Gasteiger partial charge is 0.262 e. The zero-order valence-corrected chi connectivity index (χ0v) is 16.3. The molecule has 0 aliphatic rings. The zero-order valence-electron chi connectivity index (χ0n) is 16.3. The third kappa shape index (κ3) is 2.99. The Morgan fingerprint density at radius 2 is 1.59 bits per heavy atom. The van der Waals surface area contributed by atoms with E-state index in [4.69, 9.17) is 5.73 Å². The standard InChI is InChI=1S/C22H20F2N4O/c1-12-13(2)27(11-17-18(23)5-4-6-19(17)24)22-26-20(14(3)28(22)21(12)29)15-7-9-16(25)10-8-15/h4-10H,11,25H2,1-3H3. The van der Waals surface area contributed by atoms with E-state index in [-0.39, 0.29) is 17.7 Å². The summed E-state index contributed by atoms with van der Waals surface area (Å²) in [5.41, 5.74) is 9.30.